The smallest absolute Gasteiger partial charge is 0.225 e. The Morgan fingerprint density at radius 1 is 1.00 bits per heavy atom. The third-order valence-corrected chi connectivity index (χ3v) is 3.45. The van der Waals surface area contributed by atoms with Gasteiger partial charge in [-0.3, -0.25) is 0 Å². The molecule has 2 aromatic heterocycles. The van der Waals surface area contributed by atoms with Crippen LogP contribution in [0.5, 0.6) is 0 Å². The van der Waals surface area contributed by atoms with E-state index in [9.17, 15) is 0 Å². The van der Waals surface area contributed by atoms with Gasteiger partial charge >= 0.3 is 0 Å². The number of hydrogen-bond donors (Lipinski definition) is 0. The lowest BCUT2D eigenvalue weighted by Crippen LogP contribution is -2.47. The maximum Gasteiger partial charge on any atom is 0.225 e. The van der Waals surface area contributed by atoms with Crippen LogP contribution in [0.15, 0.2) is 24.7 Å². The van der Waals surface area contributed by atoms with E-state index in [1.165, 1.54) is 0 Å². The molecule has 1 aliphatic heterocycles. The Morgan fingerprint density at radius 3 is 2.30 bits per heavy atom. The maximum atomic E-state index is 5.80. The van der Waals surface area contributed by atoms with Crippen molar-refractivity contribution < 1.29 is 0 Å². The van der Waals surface area contributed by atoms with Gasteiger partial charge in [-0.1, -0.05) is 11.6 Å². The molecule has 0 amide bonds. The Kier molecular flexibility index (Phi) is 3.64. The molecule has 3 rings (SSSR count). The molecule has 104 valence electrons. The lowest BCUT2D eigenvalue weighted by molar-refractivity contribution is 0.633. The summed E-state index contributed by atoms with van der Waals surface area (Å²) in [5, 5.41) is 0.559. The van der Waals surface area contributed by atoms with E-state index in [2.05, 4.69) is 29.7 Å². The minimum atomic E-state index is 0.559. The number of aromatic nitrogens is 4. The molecule has 0 unspecified atom stereocenters. The van der Waals surface area contributed by atoms with Crippen molar-refractivity contribution in [1.82, 2.24) is 19.9 Å². The largest absolute Gasteiger partial charge is 0.353 e. The van der Waals surface area contributed by atoms with Gasteiger partial charge in [0.15, 0.2) is 0 Å². The van der Waals surface area contributed by atoms with E-state index < -0.39 is 0 Å². The van der Waals surface area contributed by atoms with E-state index in [4.69, 9.17) is 11.6 Å². The Morgan fingerprint density at radius 2 is 1.65 bits per heavy atom. The maximum absolute atomic E-state index is 5.80. The predicted molar refractivity (Wildman–Crippen MR) is 78.2 cm³/mol. The fourth-order valence-electron chi connectivity index (χ4n) is 2.22. The molecule has 1 saturated heterocycles. The van der Waals surface area contributed by atoms with Gasteiger partial charge in [0.2, 0.25) is 5.95 Å². The number of hydrogen-bond acceptors (Lipinski definition) is 6. The highest BCUT2D eigenvalue weighted by Crippen LogP contribution is 2.16. The number of rotatable bonds is 2. The van der Waals surface area contributed by atoms with Gasteiger partial charge in [-0.15, -0.1) is 0 Å². The lowest BCUT2D eigenvalue weighted by atomic mass is 10.3. The number of nitrogens with zero attached hydrogens (tertiary/aromatic N) is 6. The van der Waals surface area contributed by atoms with Crippen LogP contribution in [0.4, 0.5) is 11.8 Å². The number of piperazine rings is 1. The first kappa shape index (κ1) is 13.1. The molecule has 0 aromatic carbocycles. The molecule has 2 aromatic rings. The van der Waals surface area contributed by atoms with Gasteiger partial charge in [0, 0.05) is 32.4 Å². The van der Waals surface area contributed by atoms with Crippen molar-refractivity contribution in [2.45, 2.75) is 6.92 Å². The van der Waals surface area contributed by atoms with Crippen molar-refractivity contribution >= 4 is 23.4 Å². The van der Waals surface area contributed by atoms with Crippen LogP contribution < -0.4 is 9.80 Å². The van der Waals surface area contributed by atoms with E-state index in [0.29, 0.717) is 5.02 Å². The van der Waals surface area contributed by atoms with E-state index in [-0.39, 0.29) is 0 Å². The van der Waals surface area contributed by atoms with Crippen LogP contribution >= 0.6 is 11.6 Å². The highest BCUT2D eigenvalue weighted by molar-refractivity contribution is 6.30. The topological polar surface area (TPSA) is 58.0 Å². The van der Waals surface area contributed by atoms with Crippen molar-refractivity contribution in [3.05, 3.63) is 35.5 Å². The molecule has 7 heteroatoms. The normalized spacial score (nSPS) is 15.5. The second kappa shape index (κ2) is 5.58. The molecule has 0 N–H and O–H groups in total. The second-order valence-electron chi connectivity index (χ2n) is 4.64. The summed E-state index contributed by atoms with van der Waals surface area (Å²) in [6, 6.07) is 1.95. The summed E-state index contributed by atoms with van der Waals surface area (Å²) in [6.07, 6.45) is 5.06. The zero-order valence-electron chi connectivity index (χ0n) is 11.2. The van der Waals surface area contributed by atoms with E-state index >= 15 is 0 Å². The molecule has 1 fully saturated rings. The summed E-state index contributed by atoms with van der Waals surface area (Å²) in [5.74, 6) is 2.51. The molecule has 20 heavy (non-hydrogen) atoms. The summed E-state index contributed by atoms with van der Waals surface area (Å²) in [7, 11) is 0. The molecule has 0 radical (unpaired) electrons. The molecule has 6 nitrogen and oxygen atoms in total. The van der Waals surface area contributed by atoms with Crippen LogP contribution in [-0.2, 0) is 0 Å². The number of halogens is 1. The molecule has 0 bridgehead atoms. The first-order valence-corrected chi connectivity index (χ1v) is 6.87. The molecule has 0 aliphatic carbocycles. The molecular weight excluding hydrogens is 276 g/mol. The molecule has 3 heterocycles. The van der Waals surface area contributed by atoms with Crippen molar-refractivity contribution in [2.24, 2.45) is 0 Å². The number of aryl methyl sites for hydroxylation is 1. The summed E-state index contributed by atoms with van der Waals surface area (Å²) in [5.41, 5.74) is 0. The van der Waals surface area contributed by atoms with Crippen LogP contribution in [0.2, 0.25) is 5.02 Å². The summed E-state index contributed by atoms with van der Waals surface area (Å²) < 4.78 is 0. The third kappa shape index (κ3) is 2.80. The highest BCUT2D eigenvalue weighted by Gasteiger charge is 2.19. The van der Waals surface area contributed by atoms with Crippen LogP contribution in [0.1, 0.15) is 5.82 Å². The Balaban J connectivity index is 1.66. The van der Waals surface area contributed by atoms with Crippen molar-refractivity contribution in [1.29, 1.82) is 0 Å². The SMILES string of the molecule is Cc1nccc(N2CCN(c3ncc(Cl)cn3)CC2)n1. The fraction of sp³-hybridized carbons (Fsp3) is 0.385. The summed E-state index contributed by atoms with van der Waals surface area (Å²) >= 11 is 5.80. The third-order valence-electron chi connectivity index (χ3n) is 3.25. The zero-order chi connectivity index (χ0) is 13.9. The standard InChI is InChI=1S/C13H15ClN6/c1-10-15-3-2-12(18-10)19-4-6-20(7-5-19)13-16-8-11(14)9-17-13/h2-3,8-9H,4-7H2,1H3. The van der Waals surface area contributed by atoms with Gasteiger partial charge in [-0.05, 0) is 13.0 Å². The van der Waals surface area contributed by atoms with Gasteiger partial charge < -0.3 is 9.80 Å². The minimum absolute atomic E-state index is 0.559. The zero-order valence-corrected chi connectivity index (χ0v) is 12.0. The first-order valence-electron chi connectivity index (χ1n) is 6.49. The van der Waals surface area contributed by atoms with Crippen molar-refractivity contribution in [3.63, 3.8) is 0 Å². The highest BCUT2D eigenvalue weighted by atomic mass is 35.5. The van der Waals surface area contributed by atoms with Crippen LogP contribution in [0, 0.1) is 6.92 Å². The molecular formula is C13H15ClN6. The van der Waals surface area contributed by atoms with Gasteiger partial charge in [-0.25, -0.2) is 19.9 Å². The predicted octanol–water partition coefficient (Wildman–Crippen LogP) is 1.56. The van der Waals surface area contributed by atoms with Gasteiger partial charge in [0.25, 0.3) is 0 Å². The van der Waals surface area contributed by atoms with E-state index in [0.717, 1.165) is 43.8 Å². The molecule has 1 aliphatic rings. The van der Waals surface area contributed by atoms with Crippen LogP contribution in [-0.4, -0.2) is 46.1 Å². The first-order chi connectivity index (χ1) is 9.72. The fourth-order valence-corrected chi connectivity index (χ4v) is 2.32. The quantitative estimate of drug-likeness (QED) is 0.836. The summed E-state index contributed by atoms with van der Waals surface area (Å²) in [4.78, 5) is 21.5. The number of anilines is 2. The average molecular weight is 291 g/mol. The Bertz CT molecular complexity index is 580. The van der Waals surface area contributed by atoms with Crippen molar-refractivity contribution in [3.8, 4) is 0 Å². The molecule has 0 spiro atoms. The Labute approximate surface area is 122 Å². The van der Waals surface area contributed by atoms with Crippen LogP contribution in [0.25, 0.3) is 0 Å². The lowest BCUT2D eigenvalue weighted by Gasteiger charge is -2.35. The average Bonchev–Trinajstić information content (AvgIpc) is 2.48. The second-order valence-corrected chi connectivity index (χ2v) is 5.07. The van der Waals surface area contributed by atoms with E-state index in [1.807, 2.05) is 13.0 Å². The molecule has 0 saturated carbocycles. The van der Waals surface area contributed by atoms with Gasteiger partial charge in [0.1, 0.15) is 11.6 Å². The van der Waals surface area contributed by atoms with Gasteiger partial charge in [0.05, 0.1) is 17.4 Å². The van der Waals surface area contributed by atoms with Crippen LogP contribution in [0.3, 0.4) is 0 Å². The molecule has 0 atom stereocenters. The van der Waals surface area contributed by atoms with Gasteiger partial charge in [-0.2, -0.15) is 0 Å². The minimum Gasteiger partial charge on any atom is -0.353 e. The monoisotopic (exact) mass is 290 g/mol. The summed E-state index contributed by atoms with van der Waals surface area (Å²) in [6.45, 7) is 5.42. The Hall–Kier alpha value is -1.95. The van der Waals surface area contributed by atoms with Crippen molar-refractivity contribution in [2.75, 3.05) is 36.0 Å². The van der Waals surface area contributed by atoms with E-state index in [1.54, 1.807) is 18.6 Å².